The molecule has 0 aromatic heterocycles. The van der Waals surface area contributed by atoms with Gasteiger partial charge in [0.1, 0.15) is 6.04 Å². The molecule has 31 heavy (non-hydrogen) atoms. The number of hydrogen-bond donors (Lipinski definition) is 1. The summed E-state index contributed by atoms with van der Waals surface area (Å²) in [5.74, 6) is -0.882. The third-order valence-electron chi connectivity index (χ3n) is 4.91. The highest BCUT2D eigenvalue weighted by Gasteiger charge is 2.41. The minimum Gasteiger partial charge on any atom is -0.856 e. The first kappa shape index (κ1) is 20.0. The Morgan fingerprint density at radius 2 is 1.68 bits per heavy atom. The second-order valence-electron chi connectivity index (χ2n) is 6.97. The molecular weight excluding hydrogens is 396 g/mol. The summed E-state index contributed by atoms with van der Waals surface area (Å²) in [6.45, 7) is 0. The summed E-state index contributed by atoms with van der Waals surface area (Å²) >= 11 is 0. The van der Waals surface area contributed by atoms with Crippen LogP contribution in [0.15, 0.2) is 90.0 Å². The number of hydrazone groups is 1. The molecule has 3 aromatic carbocycles. The molecule has 154 valence electrons. The molecule has 1 N–H and O–H groups in total. The van der Waals surface area contributed by atoms with Crippen molar-refractivity contribution < 1.29 is 19.5 Å². The third kappa shape index (κ3) is 4.32. The van der Waals surface area contributed by atoms with E-state index in [1.165, 1.54) is 16.8 Å². The molecule has 2 atom stereocenters. The Labute approximate surface area is 177 Å². The van der Waals surface area contributed by atoms with Crippen molar-refractivity contribution in [2.75, 3.05) is 0 Å². The van der Waals surface area contributed by atoms with Crippen LogP contribution in [0.5, 0.6) is 0 Å². The number of nitrogens with one attached hydrogen (secondary N) is 1. The Morgan fingerprint density at radius 3 is 2.35 bits per heavy atom. The zero-order valence-electron chi connectivity index (χ0n) is 16.3. The van der Waals surface area contributed by atoms with Crippen LogP contribution in [0.3, 0.4) is 0 Å². The number of carbonyl (C=O) groups is 1. The highest BCUT2D eigenvalue weighted by Crippen LogP contribution is 2.27. The topological polar surface area (TPSA) is 111 Å². The maximum atomic E-state index is 12.7. The Bertz CT molecular complexity index is 1180. The molecule has 1 heterocycles. The Hall–Kier alpha value is -4.33. The Balaban J connectivity index is 1.71. The second kappa shape index (κ2) is 8.58. The summed E-state index contributed by atoms with van der Waals surface area (Å²) in [5.41, 5.74) is 1.66. The van der Waals surface area contributed by atoms with Gasteiger partial charge < -0.3 is 10.4 Å². The summed E-state index contributed by atoms with van der Waals surface area (Å²) in [5, 5.41) is 30.7. The standard InChI is InChI=1S/C23H18N4O4/c28-22(18-11-5-2-6-12-18)24-20-21(17-9-3-1-4-10-17)26(25-23(20)29)15-16-8-7-13-19(14-16)27(30)31/h1-15,20-21H,(H-,24,25,28,29)/b26-15-/t20-,21-/m0/s1. The van der Waals surface area contributed by atoms with Crippen molar-refractivity contribution in [2.45, 2.75) is 12.1 Å². The molecular formula is C23H18N4O4. The van der Waals surface area contributed by atoms with Crippen molar-refractivity contribution >= 4 is 23.7 Å². The first-order chi connectivity index (χ1) is 15.0. The fourth-order valence-corrected chi connectivity index (χ4v) is 3.46. The molecule has 0 unspecified atom stereocenters. The number of amides is 1. The molecule has 0 radical (unpaired) electrons. The van der Waals surface area contributed by atoms with E-state index in [-0.39, 0.29) is 11.6 Å². The molecule has 3 aromatic rings. The zero-order valence-corrected chi connectivity index (χ0v) is 16.3. The third-order valence-corrected chi connectivity index (χ3v) is 4.91. The van der Waals surface area contributed by atoms with Gasteiger partial charge in [0.05, 0.1) is 10.8 Å². The predicted molar refractivity (Wildman–Crippen MR) is 113 cm³/mol. The zero-order chi connectivity index (χ0) is 21.8. The van der Waals surface area contributed by atoms with Crippen LogP contribution < -0.4 is 10.4 Å². The van der Waals surface area contributed by atoms with Gasteiger partial charge in [-0.1, -0.05) is 59.3 Å². The van der Waals surface area contributed by atoms with E-state index < -0.39 is 22.9 Å². The summed E-state index contributed by atoms with van der Waals surface area (Å²) in [4.78, 5) is 23.3. The van der Waals surface area contributed by atoms with Gasteiger partial charge in [-0.25, -0.2) is 0 Å². The van der Waals surface area contributed by atoms with E-state index in [4.69, 9.17) is 0 Å². The van der Waals surface area contributed by atoms with Gasteiger partial charge in [-0.2, -0.15) is 0 Å². The number of non-ortho nitro benzene ring substituents is 1. The molecule has 4 rings (SSSR count). The van der Waals surface area contributed by atoms with Crippen LogP contribution in [-0.4, -0.2) is 33.7 Å². The van der Waals surface area contributed by atoms with Crippen LogP contribution in [-0.2, 0) is 0 Å². The van der Waals surface area contributed by atoms with Crippen molar-refractivity contribution in [3.8, 4) is 0 Å². The number of nitro benzene ring substituents is 1. The van der Waals surface area contributed by atoms with E-state index in [1.54, 1.807) is 48.7 Å². The van der Waals surface area contributed by atoms with Gasteiger partial charge in [0.2, 0.25) is 12.3 Å². The number of rotatable bonds is 5. The summed E-state index contributed by atoms with van der Waals surface area (Å²) in [6.07, 6.45) is 1.57. The molecule has 1 amide bonds. The van der Waals surface area contributed by atoms with E-state index in [0.717, 1.165) is 5.56 Å². The lowest BCUT2D eigenvalue weighted by Crippen LogP contribution is -2.47. The van der Waals surface area contributed by atoms with E-state index >= 15 is 0 Å². The first-order valence-corrected chi connectivity index (χ1v) is 9.57. The number of benzene rings is 3. The highest BCUT2D eigenvalue weighted by atomic mass is 16.6. The number of hydrogen-bond acceptors (Lipinski definition) is 5. The minimum absolute atomic E-state index is 0.0653. The second-order valence-corrected chi connectivity index (χ2v) is 6.97. The van der Waals surface area contributed by atoms with Gasteiger partial charge in [0, 0.05) is 28.8 Å². The smallest absolute Gasteiger partial charge is 0.270 e. The summed E-state index contributed by atoms with van der Waals surface area (Å²) in [6, 6.07) is 22.3. The van der Waals surface area contributed by atoms with E-state index in [1.807, 2.05) is 30.3 Å². The SMILES string of the molecule is O=C(N[C@@H]1C([O-])=N/[N+](=C\c2cccc([N+](=O)[O-])c2)[C@H]1c1ccccc1)c1ccccc1. The Kier molecular flexibility index (Phi) is 5.53. The Morgan fingerprint density at radius 1 is 1.00 bits per heavy atom. The molecule has 0 fully saturated rings. The fraction of sp³-hybridized carbons (Fsp3) is 0.0870. The largest absolute Gasteiger partial charge is 0.856 e. The van der Waals surface area contributed by atoms with Crippen molar-refractivity contribution in [1.29, 1.82) is 0 Å². The van der Waals surface area contributed by atoms with E-state index in [2.05, 4.69) is 10.4 Å². The van der Waals surface area contributed by atoms with Gasteiger partial charge >= 0.3 is 0 Å². The molecule has 0 bridgehead atoms. The molecule has 1 aliphatic heterocycles. The average molecular weight is 414 g/mol. The summed E-state index contributed by atoms with van der Waals surface area (Å²) in [7, 11) is 0. The first-order valence-electron chi connectivity index (χ1n) is 9.57. The van der Waals surface area contributed by atoms with Crippen LogP contribution in [0.2, 0.25) is 0 Å². The highest BCUT2D eigenvalue weighted by molar-refractivity contribution is 5.97. The van der Waals surface area contributed by atoms with Crippen molar-refractivity contribution in [2.24, 2.45) is 5.10 Å². The van der Waals surface area contributed by atoms with Crippen LogP contribution in [0.1, 0.15) is 27.5 Å². The van der Waals surface area contributed by atoms with Crippen LogP contribution in [0.25, 0.3) is 0 Å². The van der Waals surface area contributed by atoms with Gasteiger partial charge in [0.25, 0.3) is 11.6 Å². The average Bonchev–Trinajstić information content (AvgIpc) is 3.09. The molecule has 0 saturated carbocycles. The lowest BCUT2D eigenvalue weighted by molar-refractivity contribution is -0.565. The van der Waals surface area contributed by atoms with Gasteiger partial charge in [0.15, 0.2) is 0 Å². The number of carbonyl (C=O) groups excluding carboxylic acids is 1. The lowest BCUT2D eigenvalue weighted by atomic mass is 9.99. The normalized spacial score (nSPS) is 19.1. The molecule has 1 aliphatic rings. The van der Waals surface area contributed by atoms with E-state index in [0.29, 0.717) is 11.1 Å². The monoisotopic (exact) mass is 414 g/mol. The number of nitrogens with zero attached hydrogens (tertiary/aromatic N) is 3. The van der Waals surface area contributed by atoms with Crippen LogP contribution in [0.4, 0.5) is 5.69 Å². The minimum atomic E-state index is -0.912. The maximum Gasteiger partial charge on any atom is 0.270 e. The predicted octanol–water partition coefficient (Wildman–Crippen LogP) is 2.25. The lowest BCUT2D eigenvalue weighted by Gasteiger charge is -2.20. The quantitative estimate of drug-likeness (QED) is 0.392. The molecule has 0 aliphatic carbocycles. The maximum absolute atomic E-state index is 12.7. The van der Waals surface area contributed by atoms with Crippen LogP contribution in [0, 0.1) is 10.1 Å². The van der Waals surface area contributed by atoms with Gasteiger partial charge in [-0.05, 0) is 23.3 Å². The molecule has 8 heteroatoms. The number of nitro groups is 1. The van der Waals surface area contributed by atoms with Crippen LogP contribution >= 0.6 is 0 Å². The van der Waals surface area contributed by atoms with Gasteiger partial charge in [-0.15, -0.1) is 0 Å². The van der Waals surface area contributed by atoms with Gasteiger partial charge in [-0.3, -0.25) is 14.9 Å². The van der Waals surface area contributed by atoms with Crippen molar-refractivity contribution in [1.82, 2.24) is 5.32 Å². The molecule has 8 nitrogen and oxygen atoms in total. The van der Waals surface area contributed by atoms with Crippen molar-refractivity contribution in [3.63, 3.8) is 0 Å². The molecule has 0 saturated heterocycles. The molecule has 0 spiro atoms. The fourth-order valence-electron chi connectivity index (χ4n) is 3.46. The summed E-state index contributed by atoms with van der Waals surface area (Å²) < 4.78 is 1.45. The van der Waals surface area contributed by atoms with E-state index in [9.17, 15) is 20.0 Å². The van der Waals surface area contributed by atoms with Crippen molar-refractivity contribution in [3.05, 3.63) is 112 Å².